The maximum absolute atomic E-state index is 6.21. The van der Waals surface area contributed by atoms with Crippen molar-refractivity contribution in [3.8, 4) is 23.0 Å². The second kappa shape index (κ2) is 6.08. The SMILES string of the molecule is c1ccc2c(c1)Oc1cc(N3c4ccccc4Oc4ccccc43)ccc1S2. The molecule has 4 heteroatoms. The fourth-order valence-electron chi connectivity index (χ4n) is 3.64. The third-order valence-electron chi connectivity index (χ3n) is 4.91. The molecular formula is C24H15NO2S. The summed E-state index contributed by atoms with van der Waals surface area (Å²) in [6.45, 7) is 0. The highest BCUT2D eigenvalue weighted by molar-refractivity contribution is 7.99. The van der Waals surface area contributed by atoms with Crippen molar-refractivity contribution >= 4 is 28.8 Å². The summed E-state index contributed by atoms with van der Waals surface area (Å²) >= 11 is 1.74. The van der Waals surface area contributed by atoms with E-state index in [0.717, 1.165) is 49.9 Å². The molecule has 28 heavy (non-hydrogen) atoms. The van der Waals surface area contributed by atoms with Gasteiger partial charge in [-0.1, -0.05) is 48.2 Å². The lowest BCUT2D eigenvalue weighted by Crippen LogP contribution is -2.15. The number of fused-ring (bicyclic) bond motifs is 4. The lowest BCUT2D eigenvalue weighted by atomic mass is 10.1. The quantitative estimate of drug-likeness (QED) is 0.294. The molecule has 0 unspecified atom stereocenters. The van der Waals surface area contributed by atoms with Gasteiger partial charge < -0.3 is 14.4 Å². The third-order valence-corrected chi connectivity index (χ3v) is 6.02. The minimum Gasteiger partial charge on any atom is -0.455 e. The van der Waals surface area contributed by atoms with Crippen molar-refractivity contribution in [2.45, 2.75) is 9.79 Å². The number of hydrogen-bond donors (Lipinski definition) is 0. The number of ether oxygens (including phenoxy) is 2. The van der Waals surface area contributed by atoms with Gasteiger partial charge in [0.2, 0.25) is 0 Å². The molecule has 0 saturated carbocycles. The zero-order valence-electron chi connectivity index (χ0n) is 14.8. The predicted octanol–water partition coefficient (Wildman–Crippen LogP) is 7.52. The van der Waals surface area contributed by atoms with E-state index in [-0.39, 0.29) is 0 Å². The molecule has 0 saturated heterocycles. The second-order valence-corrected chi connectivity index (χ2v) is 7.74. The highest BCUT2D eigenvalue weighted by Gasteiger charge is 2.27. The maximum Gasteiger partial charge on any atom is 0.151 e. The van der Waals surface area contributed by atoms with Crippen LogP contribution in [0, 0.1) is 0 Å². The standard InChI is InChI=1S/C24H15NO2S/c1-3-9-19-17(7-1)25(18-8-2-4-10-20(18)26-19)16-13-14-24-22(15-16)27-21-11-5-6-12-23(21)28-24/h1-15H. The Labute approximate surface area is 167 Å². The molecule has 0 N–H and O–H groups in total. The lowest BCUT2D eigenvalue weighted by Gasteiger charge is -2.33. The molecule has 0 radical (unpaired) electrons. The summed E-state index contributed by atoms with van der Waals surface area (Å²) in [4.78, 5) is 4.49. The van der Waals surface area contributed by atoms with Gasteiger partial charge in [-0.05, 0) is 48.5 Å². The molecule has 0 aromatic heterocycles. The lowest BCUT2D eigenvalue weighted by molar-refractivity contribution is 0.454. The molecule has 0 spiro atoms. The van der Waals surface area contributed by atoms with Gasteiger partial charge in [0.05, 0.1) is 26.9 Å². The highest BCUT2D eigenvalue weighted by Crippen LogP contribution is 2.53. The summed E-state index contributed by atoms with van der Waals surface area (Å²) < 4.78 is 12.3. The van der Waals surface area contributed by atoms with Crippen LogP contribution < -0.4 is 14.4 Å². The van der Waals surface area contributed by atoms with Gasteiger partial charge >= 0.3 is 0 Å². The Morgan fingerprint density at radius 2 is 1.11 bits per heavy atom. The van der Waals surface area contributed by atoms with E-state index in [0.29, 0.717) is 0 Å². The number of rotatable bonds is 1. The minimum absolute atomic E-state index is 0.847. The number of para-hydroxylation sites is 5. The fraction of sp³-hybridized carbons (Fsp3) is 0. The molecule has 0 atom stereocenters. The van der Waals surface area contributed by atoms with Gasteiger partial charge in [-0.3, -0.25) is 0 Å². The zero-order chi connectivity index (χ0) is 18.5. The Balaban J connectivity index is 1.50. The Morgan fingerprint density at radius 1 is 0.536 bits per heavy atom. The first-order valence-electron chi connectivity index (χ1n) is 9.12. The fourth-order valence-corrected chi connectivity index (χ4v) is 4.57. The molecule has 134 valence electrons. The number of benzene rings is 4. The van der Waals surface area contributed by atoms with Crippen LogP contribution in [0.15, 0.2) is 101 Å². The monoisotopic (exact) mass is 381 g/mol. The molecule has 0 aliphatic carbocycles. The number of anilines is 3. The van der Waals surface area contributed by atoms with Crippen LogP contribution in [0.25, 0.3) is 0 Å². The first-order valence-corrected chi connectivity index (χ1v) is 9.93. The van der Waals surface area contributed by atoms with Crippen molar-refractivity contribution in [2.75, 3.05) is 4.90 Å². The van der Waals surface area contributed by atoms with Crippen molar-refractivity contribution in [2.24, 2.45) is 0 Å². The summed E-state index contributed by atoms with van der Waals surface area (Å²) in [5.41, 5.74) is 3.08. The average Bonchev–Trinajstić information content (AvgIpc) is 2.75. The van der Waals surface area contributed by atoms with E-state index in [4.69, 9.17) is 9.47 Å². The van der Waals surface area contributed by atoms with Crippen LogP contribution in [0.5, 0.6) is 23.0 Å². The van der Waals surface area contributed by atoms with E-state index in [1.807, 2.05) is 54.6 Å². The van der Waals surface area contributed by atoms with E-state index < -0.39 is 0 Å². The summed E-state index contributed by atoms with van der Waals surface area (Å²) in [5, 5.41) is 0. The van der Waals surface area contributed by atoms with E-state index in [9.17, 15) is 0 Å². The van der Waals surface area contributed by atoms with Gasteiger partial charge in [0.1, 0.15) is 11.5 Å². The average molecular weight is 381 g/mol. The van der Waals surface area contributed by atoms with Crippen molar-refractivity contribution < 1.29 is 9.47 Å². The first kappa shape index (κ1) is 15.7. The van der Waals surface area contributed by atoms with Crippen LogP contribution in [0.2, 0.25) is 0 Å². The van der Waals surface area contributed by atoms with Gasteiger partial charge in [-0.2, -0.15) is 0 Å². The molecule has 0 bridgehead atoms. The van der Waals surface area contributed by atoms with Crippen LogP contribution in [-0.2, 0) is 0 Å². The molecule has 4 aromatic rings. The molecule has 3 nitrogen and oxygen atoms in total. The largest absolute Gasteiger partial charge is 0.455 e. The maximum atomic E-state index is 6.21. The van der Waals surface area contributed by atoms with Crippen LogP contribution >= 0.6 is 11.8 Å². The number of hydrogen-bond acceptors (Lipinski definition) is 4. The molecular weight excluding hydrogens is 366 g/mol. The van der Waals surface area contributed by atoms with Gasteiger partial charge in [0.15, 0.2) is 11.5 Å². The van der Waals surface area contributed by atoms with E-state index in [1.165, 1.54) is 0 Å². The Hall–Kier alpha value is -3.37. The van der Waals surface area contributed by atoms with E-state index in [2.05, 4.69) is 41.3 Å². The zero-order valence-corrected chi connectivity index (χ0v) is 15.6. The van der Waals surface area contributed by atoms with Crippen molar-refractivity contribution in [1.29, 1.82) is 0 Å². The molecule has 2 heterocycles. The summed E-state index contributed by atoms with van der Waals surface area (Å²) in [6.07, 6.45) is 0. The highest BCUT2D eigenvalue weighted by atomic mass is 32.2. The van der Waals surface area contributed by atoms with Gasteiger partial charge in [0, 0.05) is 6.07 Å². The van der Waals surface area contributed by atoms with Crippen molar-refractivity contribution in [1.82, 2.24) is 0 Å². The molecule has 0 amide bonds. The van der Waals surface area contributed by atoms with E-state index in [1.54, 1.807) is 11.8 Å². The normalized spacial score (nSPS) is 13.4. The van der Waals surface area contributed by atoms with Gasteiger partial charge in [-0.15, -0.1) is 0 Å². The molecule has 0 fully saturated rings. The Bertz CT molecular complexity index is 1180. The molecule has 2 aliphatic heterocycles. The van der Waals surface area contributed by atoms with E-state index >= 15 is 0 Å². The third kappa shape index (κ3) is 2.38. The molecule has 2 aliphatic rings. The van der Waals surface area contributed by atoms with Crippen LogP contribution in [0.1, 0.15) is 0 Å². The number of nitrogens with zero attached hydrogens (tertiary/aromatic N) is 1. The Kier molecular flexibility index (Phi) is 3.40. The van der Waals surface area contributed by atoms with Gasteiger partial charge in [-0.25, -0.2) is 0 Å². The first-order chi connectivity index (χ1) is 13.9. The van der Waals surface area contributed by atoms with Gasteiger partial charge in [0.25, 0.3) is 0 Å². The van der Waals surface area contributed by atoms with Crippen LogP contribution in [-0.4, -0.2) is 0 Å². The summed E-state index contributed by atoms with van der Waals surface area (Å²) in [6, 6.07) is 30.7. The predicted molar refractivity (Wildman–Crippen MR) is 112 cm³/mol. The summed E-state index contributed by atoms with van der Waals surface area (Å²) in [7, 11) is 0. The van der Waals surface area contributed by atoms with Crippen molar-refractivity contribution in [3.63, 3.8) is 0 Å². The molecule has 4 aromatic carbocycles. The van der Waals surface area contributed by atoms with Crippen molar-refractivity contribution in [3.05, 3.63) is 91.0 Å². The Morgan fingerprint density at radius 3 is 1.86 bits per heavy atom. The summed E-state index contributed by atoms with van der Waals surface area (Å²) in [5.74, 6) is 3.47. The minimum atomic E-state index is 0.847. The topological polar surface area (TPSA) is 21.7 Å². The second-order valence-electron chi connectivity index (χ2n) is 6.65. The van der Waals surface area contributed by atoms with Crippen LogP contribution in [0.3, 0.4) is 0 Å². The smallest absolute Gasteiger partial charge is 0.151 e. The molecule has 6 rings (SSSR count). The van der Waals surface area contributed by atoms with Crippen LogP contribution in [0.4, 0.5) is 17.1 Å².